The minimum atomic E-state index is -0.681. The van der Waals surface area contributed by atoms with Gasteiger partial charge in [-0.05, 0) is 35.4 Å². The molecule has 2 rings (SSSR count). The maximum atomic E-state index is 11.3. The summed E-state index contributed by atoms with van der Waals surface area (Å²) in [4.78, 5) is 11.3. The molecule has 0 aliphatic heterocycles. The van der Waals surface area contributed by atoms with Gasteiger partial charge >= 0.3 is 0 Å². The Bertz CT molecular complexity index is 630. The maximum absolute atomic E-state index is 11.3. The van der Waals surface area contributed by atoms with Gasteiger partial charge in [-0.25, -0.2) is 0 Å². The summed E-state index contributed by atoms with van der Waals surface area (Å²) >= 11 is 0. The molecule has 2 aromatic rings. The van der Waals surface area contributed by atoms with Crippen LogP contribution < -0.4 is 15.2 Å². The highest BCUT2D eigenvalue weighted by molar-refractivity contribution is 5.97. The molecule has 0 radical (unpaired) electrons. The third-order valence-corrected chi connectivity index (χ3v) is 2.95. The van der Waals surface area contributed by atoms with Crippen LogP contribution in [0.15, 0.2) is 36.4 Å². The van der Waals surface area contributed by atoms with Crippen LogP contribution in [-0.2, 0) is 0 Å². The first kappa shape index (κ1) is 13.7. The van der Waals surface area contributed by atoms with Crippen LogP contribution in [0.1, 0.15) is 10.4 Å². The Balaban J connectivity index is 2.56. The highest BCUT2D eigenvalue weighted by atomic mass is 16.5. The predicted octanol–water partition coefficient (Wildman–Crippen LogP) is 2.18. The number of aromatic hydroxyl groups is 1. The van der Waals surface area contributed by atoms with Gasteiger partial charge in [-0.2, -0.15) is 0 Å². The zero-order valence-corrected chi connectivity index (χ0v) is 11.2. The largest absolute Gasteiger partial charge is 0.507 e. The van der Waals surface area contributed by atoms with Gasteiger partial charge in [-0.1, -0.05) is 6.07 Å². The first-order chi connectivity index (χ1) is 9.55. The number of phenols is 1. The van der Waals surface area contributed by atoms with Gasteiger partial charge in [0.25, 0.3) is 5.91 Å². The number of primary amides is 1. The number of rotatable bonds is 4. The van der Waals surface area contributed by atoms with E-state index in [-0.39, 0.29) is 11.3 Å². The first-order valence-electron chi connectivity index (χ1n) is 5.91. The highest BCUT2D eigenvalue weighted by Crippen LogP contribution is 2.31. The summed E-state index contributed by atoms with van der Waals surface area (Å²) in [6.07, 6.45) is 0. The molecule has 20 heavy (non-hydrogen) atoms. The van der Waals surface area contributed by atoms with Crippen molar-refractivity contribution in [2.75, 3.05) is 14.2 Å². The lowest BCUT2D eigenvalue weighted by Crippen LogP contribution is -2.11. The summed E-state index contributed by atoms with van der Waals surface area (Å²) in [5, 5.41) is 9.60. The number of benzene rings is 2. The predicted molar refractivity (Wildman–Crippen MR) is 75.2 cm³/mol. The number of carbonyl (C=O) groups is 1. The first-order valence-corrected chi connectivity index (χ1v) is 5.91. The van der Waals surface area contributed by atoms with Crippen molar-refractivity contribution < 1.29 is 19.4 Å². The maximum Gasteiger partial charge on any atom is 0.252 e. The number of carbonyl (C=O) groups excluding carboxylic acids is 1. The summed E-state index contributed by atoms with van der Waals surface area (Å²) in [6.45, 7) is 0. The van der Waals surface area contributed by atoms with Gasteiger partial charge in [0.15, 0.2) is 0 Å². The Morgan fingerprint density at radius 2 is 1.60 bits per heavy atom. The lowest BCUT2D eigenvalue weighted by molar-refractivity contribution is 0.0998. The molecule has 0 unspecified atom stereocenters. The van der Waals surface area contributed by atoms with Gasteiger partial charge in [0.1, 0.15) is 17.2 Å². The molecule has 1 amide bonds. The fourth-order valence-electron chi connectivity index (χ4n) is 1.89. The molecule has 0 atom stereocenters. The topological polar surface area (TPSA) is 81.8 Å². The molecule has 5 nitrogen and oxygen atoms in total. The van der Waals surface area contributed by atoms with Crippen molar-refractivity contribution in [3.63, 3.8) is 0 Å². The SMILES string of the molecule is COc1cc(OC)cc(-c2ccc(O)c(C(N)=O)c2)c1. The smallest absolute Gasteiger partial charge is 0.252 e. The average molecular weight is 273 g/mol. The molecule has 0 fully saturated rings. The van der Waals surface area contributed by atoms with Gasteiger partial charge < -0.3 is 20.3 Å². The molecule has 2 aromatic carbocycles. The summed E-state index contributed by atoms with van der Waals surface area (Å²) in [5.74, 6) is 0.441. The van der Waals surface area contributed by atoms with E-state index in [2.05, 4.69) is 0 Å². The zero-order chi connectivity index (χ0) is 14.7. The highest BCUT2D eigenvalue weighted by Gasteiger charge is 2.11. The minimum Gasteiger partial charge on any atom is -0.507 e. The van der Waals surface area contributed by atoms with E-state index in [1.165, 1.54) is 12.1 Å². The molecule has 0 bridgehead atoms. The quantitative estimate of drug-likeness (QED) is 0.894. The fourth-order valence-corrected chi connectivity index (χ4v) is 1.89. The Morgan fingerprint density at radius 1 is 1.00 bits per heavy atom. The minimum absolute atomic E-state index is 0.0734. The number of hydrogen-bond donors (Lipinski definition) is 2. The normalized spacial score (nSPS) is 10.1. The van der Waals surface area contributed by atoms with E-state index >= 15 is 0 Å². The van der Waals surface area contributed by atoms with E-state index in [0.717, 1.165) is 11.1 Å². The van der Waals surface area contributed by atoms with Crippen LogP contribution in [-0.4, -0.2) is 25.2 Å². The molecule has 0 saturated heterocycles. The van der Waals surface area contributed by atoms with Crippen LogP contribution in [0, 0.1) is 0 Å². The van der Waals surface area contributed by atoms with Crippen molar-refractivity contribution >= 4 is 5.91 Å². The summed E-state index contributed by atoms with van der Waals surface area (Å²) < 4.78 is 10.4. The van der Waals surface area contributed by atoms with Gasteiger partial charge in [-0.15, -0.1) is 0 Å². The Kier molecular flexibility index (Phi) is 3.79. The van der Waals surface area contributed by atoms with Crippen LogP contribution in [0.4, 0.5) is 0 Å². The van der Waals surface area contributed by atoms with Gasteiger partial charge in [0, 0.05) is 6.07 Å². The summed E-state index contributed by atoms with van der Waals surface area (Å²) in [5.41, 5.74) is 6.82. The van der Waals surface area contributed by atoms with E-state index in [1.54, 1.807) is 38.5 Å². The van der Waals surface area contributed by atoms with E-state index in [0.29, 0.717) is 11.5 Å². The molecular formula is C15H15NO4. The third kappa shape index (κ3) is 2.66. The van der Waals surface area contributed by atoms with E-state index in [9.17, 15) is 9.90 Å². The van der Waals surface area contributed by atoms with Crippen molar-refractivity contribution in [2.45, 2.75) is 0 Å². The van der Waals surface area contributed by atoms with Crippen molar-refractivity contribution in [2.24, 2.45) is 5.73 Å². The number of hydrogen-bond acceptors (Lipinski definition) is 4. The molecule has 0 heterocycles. The van der Waals surface area contributed by atoms with Crippen molar-refractivity contribution in [3.05, 3.63) is 42.0 Å². The fraction of sp³-hybridized carbons (Fsp3) is 0.133. The van der Waals surface area contributed by atoms with Gasteiger partial charge in [0.2, 0.25) is 0 Å². The summed E-state index contributed by atoms with van der Waals surface area (Å²) in [6, 6.07) is 10.0. The van der Waals surface area contributed by atoms with E-state index in [4.69, 9.17) is 15.2 Å². The molecular weight excluding hydrogens is 258 g/mol. The molecule has 3 N–H and O–H groups in total. The van der Waals surface area contributed by atoms with Crippen LogP contribution in [0.3, 0.4) is 0 Å². The molecule has 0 aliphatic carbocycles. The van der Waals surface area contributed by atoms with Crippen LogP contribution in [0.5, 0.6) is 17.2 Å². The molecule has 0 spiro atoms. The van der Waals surface area contributed by atoms with Crippen LogP contribution in [0.25, 0.3) is 11.1 Å². The van der Waals surface area contributed by atoms with Crippen molar-refractivity contribution in [1.82, 2.24) is 0 Å². The van der Waals surface area contributed by atoms with Crippen molar-refractivity contribution in [3.8, 4) is 28.4 Å². The second kappa shape index (κ2) is 5.52. The Labute approximate surface area is 116 Å². The van der Waals surface area contributed by atoms with Gasteiger partial charge in [0.05, 0.1) is 19.8 Å². The molecule has 0 aromatic heterocycles. The Morgan fingerprint density at radius 3 is 2.10 bits per heavy atom. The second-order valence-corrected chi connectivity index (χ2v) is 4.20. The summed E-state index contributed by atoms with van der Waals surface area (Å²) in [7, 11) is 3.12. The monoisotopic (exact) mass is 273 g/mol. The van der Waals surface area contributed by atoms with Crippen LogP contribution in [0.2, 0.25) is 0 Å². The lowest BCUT2D eigenvalue weighted by Gasteiger charge is -2.10. The Hall–Kier alpha value is -2.69. The average Bonchev–Trinajstić information content (AvgIpc) is 2.46. The molecule has 0 aliphatic rings. The standard InChI is InChI=1S/C15H15NO4/c1-19-11-5-10(6-12(8-11)20-2)9-3-4-14(17)13(7-9)15(16)18/h3-8,17H,1-2H3,(H2,16,18). The van der Waals surface area contributed by atoms with E-state index in [1.807, 2.05) is 0 Å². The zero-order valence-electron chi connectivity index (χ0n) is 11.2. The molecule has 104 valence electrons. The van der Waals surface area contributed by atoms with Gasteiger partial charge in [-0.3, -0.25) is 4.79 Å². The molecule has 0 saturated carbocycles. The van der Waals surface area contributed by atoms with Crippen molar-refractivity contribution in [1.29, 1.82) is 0 Å². The second-order valence-electron chi connectivity index (χ2n) is 4.20. The third-order valence-electron chi connectivity index (χ3n) is 2.95. The molecule has 5 heteroatoms. The number of methoxy groups -OCH3 is 2. The number of amides is 1. The number of nitrogens with two attached hydrogens (primary N) is 1. The number of ether oxygens (including phenoxy) is 2. The lowest BCUT2D eigenvalue weighted by atomic mass is 10.0. The van der Waals surface area contributed by atoms with Crippen LogP contribution >= 0.6 is 0 Å². The van der Waals surface area contributed by atoms with E-state index < -0.39 is 5.91 Å².